The molecule has 1 aromatic carbocycles. The van der Waals surface area contributed by atoms with Crippen LogP contribution in [0.3, 0.4) is 0 Å². The second-order valence-corrected chi connectivity index (χ2v) is 5.96. The number of rotatable bonds is 4. The Kier molecular flexibility index (Phi) is 4.33. The molecule has 2 N–H and O–H groups in total. The van der Waals surface area contributed by atoms with Crippen molar-refractivity contribution in [1.82, 2.24) is 4.98 Å². The highest BCUT2D eigenvalue weighted by molar-refractivity contribution is 5.42. The molecule has 0 saturated carbocycles. The van der Waals surface area contributed by atoms with Crippen LogP contribution in [0, 0.1) is 20.8 Å². The second kappa shape index (κ2) is 5.86. The fourth-order valence-corrected chi connectivity index (χ4v) is 2.91. The van der Waals surface area contributed by atoms with E-state index in [9.17, 15) is 0 Å². The van der Waals surface area contributed by atoms with Crippen molar-refractivity contribution >= 4 is 0 Å². The van der Waals surface area contributed by atoms with Crippen molar-refractivity contribution < 1.29 is 4.74 Å². The van der Waals surface area contributed by atoms with Gasteiger partial charge in [0.2, 0.25) is 0 Å². The Morgan fingerprint density at radius 3 is 2.43 bits per heavy atom. The summed E-state index contributed by atoms with van der Waals surface area (Å²) in [6, 6.07) is 8.25. The molecule has 0 saturated heterocycles. The molecule has 1 heterocycles. The summed E-state index contributed by atoms with van der Waals surface area (Å²) in [4.78, 5) is 4.57. The van der Waals surface area contributed by atoms with E-state index in [0.717, 1.165) is 28.1 Å². The molecule has 0 fully saturated rings. The van der Waals surface area contributed by atoms with Gasteiger partial charge in [-0.05, 0) is 38.8 Å². The number of pyridine rings is 1. The SMILES string of the molecule is COc1c(C)cnc(CC(C)(N)c2ccccc2C)c1C. The minimum atomic E-state index is -0.455. The Hall–Kier alpha value is -1.87. The molecule has 3 nitrogen and oxygen atoms in total. The van der Waals surface area contributed by atoms with E-state index in [1.807, 2.05) is 32.2 Å². The van der Waals surface area contributed by atoms with Crippen molar-refractivity contribution in [2.45, 2.75) is 39.7 Å². The third-order valence-electron chi connectivity index (χ3n) is 4.04. The molecule has 0 spiro atoms. The highest BCUT2D eigenvalue weighted by Crippen LogP contribution is 2.30. The number of aryl methyl sites for hydroxylation is 2. The van der Waals surface area contributed by atoms with Gasteiger partial charge in [-0.1, -0.05) is 24.3 Å². The maximum Gasteiger partial charge on any atom is 0.128 e. The molecule has 21 heavy (non-hydrogen) atoms. The number of nitrogens with zero attached hydrogens (tertiary/aromatic N) is 1. The first-order valence-electron chi connectivity index (χ1n) is 7.21. The summed E-state index contributed by atoms with van der Waals surface area (Å²) in [6.45, 7) is 8.20. The summed E-state index contributed by atoms with van der Waals surface area (Å²) < 4.78 is 5.48. The van der Waals surface area contributed by atoms with Crippen LogP contribution < -0.4 is 10.5 Å². The van der Waals surface area contributed by atoms with E-state index in [0.29, 0.717) is 6.42 Å². The van der Waals surface area contributed by atoms with Crippen LogP contribution in [-0.2, 0) is 12.0 Å². The smallest absolute Gasteiger partial charge is 0.128 e. The van der Waals surface area contributed by atoms with Gasteiger partial charge in [-0.25, -0.2) is 0 Å². The molecule has 0 bridgehead atoms. The van der Waals surface area contributed by atoms with E-state index >= 15 is 0 Å². The molecule has 3 heteroatoms. The van der Waals surface area contributed by atoms with Gasteiger partial charge < -0.3 is 10.5 Å². The minimum Gasteiger partial charge on any atom is -0.496 e. The standard InChI is InChI=1S/C18H24N2O/c1-12-8-6-7-9-15(12)18(4,19)10-16-14(3)17(21-5)13(2)11-20-16/h6-9,11H,10,19H2,1-5H3. The molecule has 1 unspecified atom stereocenters. The average Bonchev–Trinajstić information content (AvgIpc) is 2.43. The first-order valence-corrected chi connectivity index (χ1v) is 7.21. The fraction of sp³-hybridized carbons (Fsp3) is 0.389. The van der Waals surface area contributed by atoms with E-state index in [-0.39, 0.29) is 0 Å². The largest absolute Gasteiger partial charge is 0.496 e. The highest BCUT2D eigenvalue weighted by atomic mass is 16.5. The lowest BCUT2D eigenvalue weighted by Crippen LogP contribution is -2.36. The van der Waals surface area contributed by atoms with Crippen molar-refractivity contribution in [3.05, 3.63) is 58.4 Å². The molecular formula is C18H24N2O. The van der Waals surface area contributed by atoms with E-state index in [4.69, 9.17) is 10.5 Å². The second-order valence-electron chi connectivity index (χ2n) is 5.96. The molecule has 0 aliphatic carbocycles. The summed E-state index contributed by atoms with van der Waals surface area (Å²) >= 11 is 0. The van der Waals surface area contributed by atoms with Gasteiger partial charge in [0.25, 0.3) is 0 Å². The lowest BCUT2D eigenvalue weighted by atomic mass is 9.84. The monoisotopic (exact) mass is 284 g/mol. The van der Waals surface area contributed by atoms with E-state index in [1.54, 1.807) is 7.11 Å². The number of methoxy groups -OCH3 is 1. The minimum absolute atomic E-state index is 0.455. The Labute approximate surface area is 127 Å². The summed E-state index contributed by atoms with van der Waals surface area (Å²) in [5.74, 6) is 0.903. The van der Waals surface area contributed by atoms with Crippen LogP contribution in [0.25, 0.3) is 0 Å². The summed E-state index contributed by atoms with van der Waals surface area (Å²) in [7, 11) is 1.70. The van der Waals surface area contributed by atoms with E-state index < -0.39 is 5.54 Å². The number of hydrogen-bond acceptors (Lipinski definition) is 3. The molecule has 1 aromatic heterocycles. The van der Waals surface area contributed by atoms with Gasteiger partial charge in [-0.2, -0.15) is 0 Å². The molecule has 2 rings (SSSR count). The van der Waals surface area contributed by atoms with Gasteiger partial charge in [0, 0.05) is 35.0 Å². The molecule has 1 atom stereocenters. The zero-order chi connectivity index (χ0) is 15.6. The highest BCUT2D eigenvalue weighted by Gasteiger charge is 2.25. The summed E-state index contributed by atoms with van der Waals surface area (Å²) in [5, 5.41) is 0. The average molecular weight is 284 g/mol. The molecule has 0 amide bonds. The number of nitrogens with two attached hydrogens (primary N) is 1. The number of benzene rings is 1. The first-order chi connectivity index (χ1) is 9.86. The topological polar surface area (TPSA) is 48.1 Å². The third-order valence-corrected chi connectivity index (χ3v) is 4.04. The third kappa shape index (κ3) is 3.08. The summed E-state index contributed by atoms with van der Waals surface area (Å²) in [6.07, 6.45) is 2.54. The van der Waals surface area contributed by atoms with Gasteiger partial charge in [-0.3, -0.25) is 4.98 Å². The predicted octanol–water partition coefficient (Wildman–Crippen LogP) is 3.43. The van der Waals surface area contributed by atoms with Crippen molar-refractivity contribution in [1.29, 1.82) is 0 Å². The Balaban J connectivity index is 2.40. The predicted molar refractivity (Wildman–Crippen MR) is 86.7 cm³/mol. The molecule has 0 aliphatic heterocycles. The van der Waals surface area contributed by atoms with Crippen LogP contribution in [0.1, 0.15) is 34.9 Å². The number of hydrogen-bond donors (Lipinski definition) is 1. The zero-order valence-electron chi connectivity index (χ0n) is 13.5. The van der Waals surface area contributed by atoms with Crippen LogP contribution in [0.4, 0.5) is 0 Å². The number of aromatic nitrogens is 1. The lowest BCUT2D eigenvalue weighted by molar-refractivity contribution is 0.404. The molecule has 2 aromatic rings. The van der Waals surface area contributed by atoms with Gasteiger partial charge >= 0.3 is 0 Å². The van der Waals surface area contributed by atoms with Gasteiger partial charge in [0.15, 0.2) is 0 Å². The van der Waals surface area contributed by atoms with E-state index in [2.05, 4.69) is 31.0 Å². The molecular weight excluding hydrogens is 260 g/mol. The zero-order valence-corrected chi connectivity index (χ0v) is 13.5. The van der Waals surface area contributed by atoms with Crippen LogP contribution in [0.15, 0.2) is 30.5 Å². The van der Waals surface area contributed by atoms with Gasteiger partial charge in [-0.15, -0.1) is 0 Å². The fourth-order valence-electron chi connectivity index (χ4n) is 2.91. The van der Waals surface area contributed by atoms with Crippen LogP contribution >= 0.6 is 0 Å². The molecule has 0 radical (unpaired) electrons. The molecule has 112 valence electrons. The van der Waals surface area contributed by atoms with Crippen LogP contribution in [0.2, 0.25) is 0 Å². The lowest BCUT2D eigenvalue weighted by Gasteiger charge is -2.28. The maximum atomic E-state index is 6.59. The Morgan fingerprint density at radius 1 is 1.14 bits per heavy atom. The maximum absolute atomic E-state index is 6.59. The normalized spacial score (nSPS) is 13.8. The van der Waals surface area contributed by atoms with E-state index in [1.165, 1.54) is 5.56 Å². The van der Waals surface area contributed by atoms with Crippen LogP contribution in [0.5, 0.6) is 5.75 Å². The first kappa shape index (κ1) is 15.5. The van der Waals surface area contributed by atoms with Crippen molar-refractivity contribution in [3.8, 4) is 5.75 Å². The summed E-state index contributed by atoms with van der Waals surface area (Å²) in [5.41, 5.74) is 11.6. The van der Waals surface area contributed by atoms with Crippen molar-refractivity contribution in [2.75, 3.05) is 7.11 Å². The Morgan fingerprint density at radius 2 is 1.81 bits per heavy atom. The molecule has 0 aliphatic rings. The van der Waals surface area contributed by atoms with Crippen LogP contribution in [-0.4, -0.2) is 12.1 Å². The van der Waals surface area contributed by atoms with Gasteiger partial charge in [0.1, 0.15) is 5.75 Å². The van der Waals surface area contributed by atoms with Crippen molar-refractivity contribution in [3.63, 3.8) is 0 Å². The van der Waals surface area contributed by atoms with Crippen molar-refractivity contribution in [2.24, 2.45) is 5.73 Å². The van der Waals surface area contributed by atoms with Gasteiger partial charge in [0.05, 0.1) is 7.11 Å². The number of ether oxygens (including phenoxy) is 1. The quantitative estimate of drug-likeness (QED) is 0.935. The Bertz CT molecular complexity index is 648.